The molecule has 164 valence electrons. The van der Waals surface area contributed by atoms with Crippen LogP contribution in [0.2, 0.25) is 0 Å². The lowest BCUT2D eigenvalue weighted by Crippen LogP contribution is -2.48. The Morgan fingerprint density at radius 3 is 2.17 bits per heavy atom. The van der Waals surface area contributed by atoms with E-state index in [9.17, 15) is 13.2 Å². The first-order chi connectivity index (χ1) is 14.3. The second-order valence-electron chi connectivity index (χ2n) is 7.48. The normalized spacial score (nSPS) is 15.7. The molecule has 0 atom stereocenters. The average Bonchev–Trinajstić information content (AvgIpc) is 3.06. The highest BCUT2D eigenvalue weighted by atomic mass is 32.2. The lowest BCUT2D eigenvalue weighted by Gasteiger charge is -2.34. The van der Waals surface area contributed by atoms with Gasteiger partial charge in [0, 0.05) is 56.9 Å². The molecular formula is C21H30N4O4S. The summed E-state index contributed by atoms with van der Waals surface area (Å²) in [6, 6.07) is 6.26. The third-order valence-electron chi connectivity index (χ3n) is 5.67. The van der Waals surface area contributed by atoms with Gasteiger partial charge in [-0.3, -0.25) is 9.69 Å². The number of aryl methyl sites for hydroxylation is 2. The van der Waals surface area contributed by atoms with Crippen LogP contribution in [0.4, 0.5) is 0 Å². The number of aromatic nitrogens is 1. The molecule has 1 fully saturated rings. The third kappa shape index (κ3) is 4.58. The van der Waals surface area contributed by atoms with Gasteiger partial charge >= 0.3 is 0 Å². The van der Waals surface area contributed by atoms with Crippen molar-refractivity contribution in [1.29, 1.82) is 0 Å². The van der Waals surface area contributed by atoms with E-state index in [1.807, 2.05) is 32.6 Å². The summed E-state index contributed by atoms with van der Waals surface area (Å²) in [4.78, 5) is 17.2. The summed E-state index contributed by atoms with van der Waals surface area (Å²) in [6.45, 7) is 11.9. The van der Waals surface area contributed by atoms with E-state index in [2.05, 4.69) is 10.1 Å². The van der Waals surface area contributed by atoms with Crippen LogP contribution in [-0.4, -0.2) is 72.9 Å². The van der Waals surface area contributed by atoms with Crippen LogP contribution in [0.25, 0.3) is 0 Å². The Hall–Kier alpha value is -2.23. The SMILES string of the molecule is CCN(CC)S(=O)(=O)c1ccc(C(=O)N2CCN(Cc3c(C)noc3C)CC2)cc1. The van der Waals surface area contributed by atoms with Crippen molar-refractivity contribution in [2.75, 3.05) is 39.3 Å². The minimum absolute atomic E-state index is 0.0706. The van der Waals surface area contributed by atoms with Gasteiger partial charge in [0.15, 0.2) is 0 Å². The molecule has 1 aromatic carbocycles. The minimum Gasteiger partial charge on any atom is -0.361 e. The first-order valence-corrected chi connectivity index (χ1v) is 11.8. The Morgan fingerprint density at radius 2 is 1.67 bits per heavy atom. The van der Waals surface area contributed by atoms with Gasteiger partial charge in [0.05, 0.1) is 10.6 Å². The van der Waals surface area contributed by atoms with Gasteiger partial charge < -0.3 is 9.42 Å². The topological polar surface area (TPSA) is 87.0 Å². The highest BCUT2D eigenvalue weighted by Crippen LogP contribution is 2.19. The van der Waals surface area contributed by atoms with Crippen LogP contribution in [0.1, 0.15) is 41.2 Å². The highest BCUT2D eigenvalue weighted by Gasteiger charge is 2.25. The summed E-state index contributed by atoms with van der Waals surface area (Å²) >= 11 is 0. The van der Waals surface area contributed by atoms with E-state index in [1.54, 1.807) is 12.1 Å². The molecule has 1 aliphatic heterocycles. The Balaban J connectivity index is 1.61. The maximum Gasteiger partial charge on any atom is 0.253 e. The number of carbonyl (C=O) groups excluding carboxylic acids is 1. The molecule has 0 saturated carbocycles. The minimum atomic E-state index is -3.52. The number of hydrogen-bond donors (Lipinski definition) is 0. The summed E-state index contributed by atoms with van der Waals surface area (Å²) in [5.41, 5.74) is 2.53. The standard InChI is InChI=1S/C21H30N4O4S/c1-5-25(6-2)30(27,28)19-9-7-18(8-10-19)21(26)24-13-11-23(12-14-24)15-20-16(3)22-29-17(20)4/h7-10H,5-6,11-15H2,1-4H3. The first-order valence-electron chi connectivity index (χ1n) is 10.3. The Kier molecular flexibility index (Phi) is 6.95. The van der Waals surface area contributed by atoms with Gasteiger partial charge in [0.25, 0.3) is 5.91 Å². The van der Waals surface area contributed by atoms with E-state index in [1.165, 1.54) is 16.4 Å². The van der Waals surface area contributed by atoms with E-state index in [0.717, 1.165) is 36.7 Å². The molecule has 30 heavy (non-hydrogen) atoms. The molecule has 1 aromatic heterocycles. The molecule has 3 rings (SSSR count). The van der Waals surface area contributed by atoms with Gasteiger partial charge in [-0.1, -0.05) is 19.0 Å². The molecule has 9 heteroatoms. The second kappa shape index (κ2) is 9.28. The number of sulfonamides is 1. The van der Waals surface area contributed by atoms with Crippen molar-refractivity contribution in [3.05, 3.63) is 46.8 Å². The summed E-state index contributed by atoms with van der Waals surface area (Å²) in [5, 5.41) is 4.00. The van der Waals surface area contributed by atoms with Crippen molar-refractivity contribution in [3.63, 3.8) is 0 Å². The van der Waals surface area contributed by atoms with Gasteiger partial charge in [-0.05, 0) is 38.1 Å². The molecule has 0 radical (unpaired) electrons. The van der Waals surface area contributed by atoms with Crippen molar-refractivity contribution in [1.82, 2.24) is 19.3 Å². The summed E-state index contributed by atoms with van der Waals surface area (Å²) < 4.78 is 31.8. The van der Waals surface area contributed by atoms with Gasteiger partial charge in [0.1, 0.15) is 5.76 Å². The maximum absolute atomic E-state index is 12.9. The van der Waals surface area contributed by atoms with E-state index in [0.29, 0.717) is 31.7 Å². The Labute approximate surface area is 178 Å². The number of rotatable bonds is 7. The number of hydrogen-bond acceptors (Lipinski definition) is 6. The predicted octanol–water partition coefficient (Wildman–Crippen LogP) is 2.28. The van der Waals surface area contributed by atoms with Crippen molar-refractivity contribution in [3.8, 4) is 0 Å². The van der Waals surface area contributed by atoms with Crippen molar-refractivity contribution < 1.29 is 17.7 Å². The summed E-state index contributed by atoms with van der Waals surface area (Å²) in [7, 11) is -3.52. The third-order valence-corrected chi connectivity index (χ3v) is 7.73. The number of carbonyl (C=O) groups is 1. The zero-order valence-corrected chi connectivity index (χ0v) is 18.9. The molecule has 8 nitrogen and oxygen atoms in total. The maximum atomic E-state index is 12.9. The smallest absolute Gasteiger partial charge is 0.253 e. The molecule has 1 aliphatic rings. The van der Waals surface area contributed by atoms with Gasteiger partial charge in [0.2, 0.25) is 10.0 Å². The van der Waals surface area contributed by atoms with Crippen molar-refractivity contribution >= 4 is 15.9 Å². The zero-order valence-electron chi connectivity index (χ0n) is 18.1. The molecule has 1 saturated heterocycles. The number of benzene rings is 1. The van der Waals surface area contributed by atoms with E-state index in [-0.39, 0.29) is 10.8 Å². The van der Waals surface area contributed by atoms with Crippen LogP contribution in [0.3, 0.4) is 0 Å². The molecule has 0 bridgehead atoms. The summed E-state index contributed by atoms with van der Waals surface area (Å²) in [5.74, 6) is 0.768. The fraction of sp³-hybridized carbons (Fsp3) is 0.524. The second-order valence-corrected chi connectivity index (χ2v) is 9.42. The van der Waals surface area contributed by atoms with Gasteiger partial charge in [-0.15, -0.1) is 0 Å². The molecule has 0 unspecified atom stereocenters. The lowest BCUT2D eigenvalue weighted by molar-refractivity contribution is 0.0627. The Morgan fingerprint density at radius 1 is 1.07 bits per heavy atom. The van der Waals surface area contributed by atoms with Crippen LogP contribution >= 0.6 is 0 Å². The van der Waals surface area contributed by atoms with Crippen LogP contribution in [0.5, 0.6) is 0 Å². The number of amides is 1. The zero-order chi connectivity index (χ0) is 21.9. The van der Waals surface area contributed by atoms with Crippen LogP contribution in [-0.2, 0) is 16.6 Å². The Bertz CT molecular complexity index is 953. The highest BCUT2D eigenvalue weighted by molar-refractivity contribution is 7.89. The molecule has 2 heterocycles. The van der Waals surface area contributed by atoms with Crippen molar-refractivity contribution in [2.24, 2.45) is 0 Å². The van der Waals surface area contributed by atoms with Crippen molar-refractivity contribution in [2.45, 2.75) is 39.1 Å². The fourth-order valence-electron chi connectivity index (χ4n) is 3.72. The van der Waals surface area contributed by atoms with Gasteiger partial charge in [-0.25, -0.2) is 8.42 Å². The van der Waals surface area contributed by atoms with Crippen LogP contribution < -0.4 is 0 Å². The molecular weight excluding hydrogens is 404 g/mol. The largest absolute Gasteiger partial charge is 0.361 e. The lowest BCUT2D eigenvalue weighted by atomic mass is 10.1. The molecule has 1 amide bonds. The van der Waals surface area contributed by atoms with E-state index < -0.39 is 10.0 Å². The van der Waals surface area contributed by atoms with E-state index >= 15 is 0 Å². The van der Waals surface area contributed by atoms with Crippen LogP contribution in [0.15, 0.2) is 33.7 Å². The summed E-state index contributed by atoms with van der Waals surface area (Å²) in [6.07, 6.45) is 0. The predicted molar refractivity (Wildman–Crippen MR) is 114 cm³/mol. The molecule has 0 spiro atoms. The van der Waals surface area contributed by atoms with Crippen LogP contribution in [0, 0.1) is 13.8 Å². The number of nitrogens with zero attached hydrogens (tertiary/aromatic N) is 4. The first kappa shape index (κ1) is 22.5. The molecule has 0 N–H and O–H groups in total. The van der Waals surface area contributed by atoms with E-state index in [4.69, 9.17) is 4.52 Å². The quantitative estimate of drug-likeness (QED) is 0.664. The number of piperazine rings is 1. The fourth-order valence-corrected chi connectivity index (χ4v) is 5.18. The van der Waals surface area contributed by atoms with Gasteiger partial charge in [-0.2, -0.15) is 4.31 Å². The average molecular weight is 435 g/mol. The monoisotopic (exact) mass is 434 g/mol. The molecule has 0 aliphatic carbocycles. The molecule has 2 aromatic rings.